The highest BCUT2D eigenvalue weighted by molar-refractivity contribution is 5.97. The number of benzene rings is 1. The van der Waals surface area contributed by atoms with Gasteiger partial charge in [-0.3, -0.25) is 14.4 Å². The van der Waals surface area contributed by atoms with Crippen LogP contribution >= 0.6 is 0 Å². The molecule has 1 aromatic carbocycles. The van der Waals surface area contributed by atoms with Crippen molar-refractivity contribution < 1.29 is 19.1 Å². The minimum Gasteiger partial charge on any atom is -0.489 e. The summed E-state index contributed by atoms with van der Waals surface area (Å²) in [4.78, 5) is 45.2. The number of allylic oxidation sites excluding steroid dienone is 1. The van der Waals surface area contributed by atoms with Gasteiger partial charge in [0.1, 0.15) is 18.1 Å². The molecule has 1 atom stereocenters. The first-order chi connectivity index (χ1) is 16.5. The van der Waals surface area contributed by atoms with Crippen LogP contribution in [0.15, 0.2) is 54.6 Å². The molecular weight excluding hydrogens is 432 g/mol. The zero-order valence-corrected chi connectivity index (χ0v) is 19.4. The first kappa shape index (κ1) is 23.5. The molecule has 3 amide bonds. The van der Waals surface area contributed by atoms with Crippen LogP contribution < -0.4 is 15.4 Å². The molecule has 0 saturated carbocycles. The summed E-state index contributed by atoms with van der Waals surface area (Å²) < 4.78 is 5.81. The molecule has 0 bridgehead atoms. The van der Waals surface area contributed by atoms with Crippen LogP contribution in [-0.2, 0) is 4.79 Å². The number of piperidine rings is 1. The minimum atomic E-state index is -0.750. The van der Waals surface area contributed by atoms with Crippen LogP contribution in [0.2, 0.25) is 0 Å². The minimum absolute atomic E-state index is 0.112. The number of amides is 3. The van der Waals surface area contributed by atoms with Crippen molar-refractivity contribution in [1.82, 2.24) is 20.5 Å². The van der Waals surface area contributed by atoms with Gasteiger partial charge in [-0.25, -0.2) is 4.98 Å². The van der Waals surface area contributed by atoms with Crippen molar-refractivity contribution in [3.63, 3.8) is 0 Å². The summed E-state index contributed by atoms with van der Waals surface area (Å²) in [6.45, 7) is 3.62. The number of carbonyl (C=O) groups excluding carboxylic acids is 3. The van der Waals surface area contributed by atoms with E-state index in [1.54, 1.807) is 29.2 Å². The fourth-order valence-electron chi connectivity index (χ4n) is 4.50. The number of hydrogen-bond acceptors (Lipinski definition) is 5. The third kappa shape index (κ3) is 5.27. The number of aryl methyl sites for hydroxylation is 1. The number of aromatic nitrogens is 1. The second-order valence-electron chi connectivity index (χ2n) is 8.77. The van der Waals surface area contributed by atoms with Crippen LogP contribution in [0.4, 0.5) is 0 Å². The Morgan fingerprint density at radius 1 is 1.06 bits per heavy atom. The average Bonchev–Trinajstić information content (AvgIpc) is 2.85. The van der Waals surface area contributed by atoms with E-state index in [1.807, 2.05) is 37.3 Å². The maximum atomic E-state index is 13.4. The molecule has 1 aromatic heterocycles. The summed E-state index contributed by atoms with van der Waals surface area (Å²) in [6.07, 6.45) is 5.68. The van der Waals surface area contributed by atoms with Crippen molar-refractivity contribution in [2.45, 2.75) is 26.2 Å². The Morgan fingerprint density at radius 3 is 2.74 bits per heavy atom. The van der Waals surface area contributed by atoms with E-state index >= 15 is 0 Å². The third-order valence-electron chi connectivity index (χ3n) is 6.29. The van der Waals surface area contributed by atoms with Gasteiger partial charge in [0.25, 0.3) is 11.8 Å². The van der Waals surface area contributed by atoms with Gasteiger partial charge in [-0.1, -0.05) is 30.4 Å². The molecule has 1 unspecified atom stereocenters. The number of pyridine rings is 1. The second-order valence-corrected chi connectivity index (χ2v) is 8.77. The Balaban J connectivity index is 1.53. The topological polar surface area (TPSA) is 101 Å². The molecule has 2 aliphatic heterocycles. The predicted octanol–water partition coefficient (Wildman–Crippen LogP) is 2.50. The normalized spacial score (nSPS) is 22.6. The molecule has 2 aromatic rings. The van der Waals surface area contributed by atoms with Crippen LogP contribution in [-0.4, -0.2) is 60.4 Å². The molecule has 34 heavy (non-hydrogen) atoms. The van der Waals surface area contributed by atoms with Crippen molar-refractivity contribution in [2.24, 2.45) is 5.41 Å². The summed E-state index contributed by atoms with van der Waals surface area (Å²) in [7, 11) is 0. The lowest BCUT2D eigenvalue weighted by Gasteiger charge is -2.41. The van der Waals surface area contributed by atoms with Crippen molar-refractivity contribution in [1.29, 1.82) is 0 Å². The number of carbonyl (C=O) groups is 3. The molecule has 1 spiro atoms. The SMILES string of the molecule is Cc1cccc(C(=O)N2CCCC3(C/C=C/COc4ccccc4C(=O)NCCNC3=O)C2)n1. The van der Waals surface area contributed by atoms with Crippen LogP contribution in [0.25, 0.3) is 0 Å². The summed E-state index contributed by atoms with van der Waals surface area (Å²) in [6, 6.07) is 12.5. The Kier molecular flexibility index (Phi) is 7.25. The number of rotatable bonds is 1. The van der Waals surface area contributed by atoms with E-state index in [0.717, 1.165) is 12.1 Å². The Bertz CT molecular complexity index is 1100. The molecule has 3 heterocycles. The largest absolute Gasteiger partial charge is 0.489 e. The number of nitrogens with one attached hydrogen (secondary N) is 2. The van der Waals surface area contributed by atoms with Crippen molar-refractivity contribution in [2.75, 3.05) is 32.8 Å². The smallest absolute Gasteiger partial charge is 0.272 e. The highest BCUT2D eigenvalue weighted by atomic mass is 16.5. The molecule has 8 nitrogen and oxygen atoms in total. The Hall–Kier alpha value is -3.68. The number of hydrogen-bond donors (Lipinski definition) is 2. The van der Waals surface area contributed by atoms with Gasteiger partial charge in [0, 0.05) is 31.9 Å². The maximum Gasteiger partial charge on any atom is 0.272 e. The molecule has 1 saturated heterocycles. The van der Waals surface area contributed by atoms with Crippen molar-refractivity contribution in [3.8, 4) is 5.75 Å². The highest BCUT2D eigenvalue weighted by Crippen LogP contribution is 2.35. The number of nitrogens with zero attached hydrogens (tertiary/aromatic N) is 2. The van der Waals surface area contributed by atoms with Gasteiger partial charge < -0.3 is 20.3 Å². The van der Waals surface area contributed by atoms with E-state index in [0.29, 0.717) is 56.0 Å². The molecule has 178 valence electrons. The monoisotopic (exact) mass is 462 g/mol. The first-order valence-electron chi connectivity index (χ1n) is 11.6. The summed E-state index contributed by atoms with van der Waals surface area (Å²) in [5.74, 6) is -0.00751. The summed E-state index contributed by atoms with van der Waals surface area (Å²) in [5, 5.41) is 5.81. The molecule has 8 heteroatoms. The maximum absolute atomic E-state index is 13.4. The van der Waals surface area contributed by atoms with E-state index in [2.05, 4.69) is 15.6 Å². The van der Waals surface area contributed by atoms with Gasteiger partial charge in [0.05, 0.1) is 11.0 Å². The van der Waals surface area contributed by atoms with Gasteiger partial charge in [-0.2, -0.15) is 0 Å². The zero-order chi connectivity index (χ0) is 24.0. The van der Waals surface area contributed by atoms with E-state index in [1.165, 1.54) is 0 Å². The first-order valence-corrected chi connectivity index (χ1v) is 11.6. The van der Waals surface area contributed by atoms with Crippen LogP contribution in [0.5, 0.6) is 5.75 Å². The van der Waals surface area contributed by atoms with E-state index in [-0.39, 0.29) is 24.3 Å². The number of ether oxygens (including phenoxy) is 1. The zero-order valence-electron chi connectivity index (χ0n) is 19.4. The quantitative estimate of drug-likeness (QED) is 0.635. The van der Waals surface area contributed by atoms with Gasteiger partial charge in [0.15, 0.2) is 0 Å². The molecule has 4 rings (SSSR count). The number of likely N-dealkylation sites (tertiary alicyclic amines) is 1. The molecule has 2 N–H and O–H groups in total. The molecule has 1 fully saturated rings. The average molecular weight is 463 g/mol. The predicted molar refractivity (Wildman–Crippen MR) is 128 cm³/mol. The second kappa shape index (κ2) is 10.5. The van der Waals surface area contributed by atoms with E-state index in [4.69, 9.17) is 4.74 Å². The number of fused-ring (bicyclic) bond motifs is 1. The van der Waals surface area contributed by atoms with Gasteiger partial charge in [0.2, 0.25) is 5.91 Å². The standard InChI is InChI=1S/C26H30N4O4/c1-19-8-6-10-21(29-19)24(32)30-16-7-13-26(18-30)12-4-5-17-34-22-11-3-2-9-20(22)23(31)27-14-15-28-25(26)33/h2-6,8-11H,7,12-18H2,1H3,(H,27,31)(H,28,33)/b5-4+. The Labute approximate surface area is 199 Å². The molecule has 0 aliphatic carbocycles. The lowest BCUT2D eigenvalue weighted by molar-refractivity contribution is -0.133. The highest BCUT2D eigenvalue weighted by Gasteiger charge is 2.42. The number of para-hydroxylation sites is 1. The van der Waals surface area contributed by atoms with Crippen LogP contribution in [0.1, 0.15) is 45.8 Å². The fraction of sp³-hybridized carbons (Fsp3) is 0.385. The lowest BCUT2D eigenvalue weighted by Crippen LogP contribution is -2.54. The van der Waals surface area contributed by atoms with Gasteiger partial charge in [-0.05, 0) is 50.5 Å². The van der Waals surface area contributed by atoms with E-state index < -0.39 is 5.41 Å². The van der Waals surface area contributed by atoms with Gasteiger partial charge >= 0.3 is 0 Å². The van der Waals surface area contributed by atoms with E-state index in [9.17, 15) is 14.4 Å². The molecule has 0 radical (unpaired) electrons. The summed E-state index contributed by atoms with van der Waals surface area (Å²) >= 11 is 0. The molecular formula is C26H30N4O4. The third-order valence-corrected chi connectivity index (χ3v) is 6.29. The van der Waals surface area contributed by atoms with Crippen molar-refractivity contribution in [3.05, 3.63) is 71.6 Å². The van der Waals surface area contributed by atoms with Crippen LogP contribution in [0.3, 0.4) is 0 Å². The van der Waals surface area contributed by atoms with Crippen molar-refractivity contribution >= 4 is 17.7 Å². The molecule has 2 aliphatic rings. The fourth-order valence-corrected chi connectivity index (χ4v) is 4.50. The summed E-state index contributed by atoms with van der Waals surface area (Å²) in [5.41, 5.74) is 0.880. The van der Waals surface area contributed by atoms with Crippen LogP contribution in [0, 0.1) is 12.3 Å². The van der Waals surface area contributed by atoms with Gasteiger partial charge in [-0.15, -0.1) is 0 Å². The Morgan fingerprint density at radius 2 is 1.88 bits per heavy atom. The lowest BCUT2D eigenvalue weighted by atomic mass is 9.76.